The molecule has 0 amide bonds. The number of hydrogen-bond donors (Lipinski definition) is 2. The lowest BCUT2D eigenvalue weighted by Gasteiger charge is -2.20. The van der Waals surface area contributed by atoms with E-state index >= 15 is 0 Å². The molecule has 23 heavy (non-hydrogen) atoms. The molecule has 0 heterocycles. The van der Waals surface area contributed by atoms with E-state index in [0.717, 1.165) is 19.4 Å². The van der Waals surface area contributed by atoms with Crippen molar-refractivity contribution in [3.8, 4) is 0 Å². The second-order valence-electron chi connectivity index (χ2n) is 6.21. The molecule has 0 aromatic heterocycles. The number of likely N-dealkylation sites (N-methyl/N-ethyl adjacent to an activating group) is 1. The summed E-state index contributed by atoms with van der Waals surface area (Å²) < 4.78 is 0. The molecule has 2 aromatic carbocycles. The number of rotatable bonds is 9. The van der Waals surface area contributed by atoms with E-state index in [9.17, 15) is 9.59 Å². The Hall–Kier alpha value is -2.14. The van der Waals surface area contributed by atoms with Crippen LogP contribution in [-0.2, 0) is 6.42 Å². The summed E-state index contributed by atoms with van der Waals surface area (Å²) in [7, 11) is 3.93. The van der Waals surface area contributed by atoms with E-state index in [1.165, 1.54) is 5.56 Å². The zero-order valence-corrected chi connectivity index (χ0v) is 14.1. The van der Waals surface area contributed by atoms with Crippen molar-refractivity contribution < 1.29 is 0 Å². The first-order chi connectivity index (χ1) is 11.0. The molecule has 0 saturated heterocycles. The smallest absolute Gasteiger partial charge is 0.253 e. The minimum atomic E-state index is -0.415. The second kappa shape index (κ2) is 7.92. The third kappa shape index (κ3) is 4.66. The molecule has 2 rings (SSSR count). The minimum absolute atomic E-state index is 0.132. The third-order valence-electron chi connectivity index (χ3n) is 3.87. The van der Waals surface area contributed by atoms with Gasteiger partial charge in [0, 0.05) is 19.1 Å². The largest absolute Gasteiger partial charge is 0.379 e. The van der Waals surface area contributed by atoms with Gasteiger partial charge in [0.25, 0.3) is 10.9 Å². The van der Waals surface area contributed by atoms with Gasteiger partial charge in [-0.25, -0.2) is 0 Å². The number of hydrogen-bond acceptors (Lipinski definition) is 5. The maximum atomic E-state index is 11.8. The highest BCUT2D eigenvalue weighted by atomic mass is 16.2. The van der Waals surface area contributed by atoms with Gasteiger partial charge in [-0.2, -0.15) is 0 Å². The van der Waals surface area contributed by atoms with Crippen molar-refractivity contribution in [3.05, 3.63) is 56.3 Å². The number of anilines is 2. The Kier molecular flexibility index (Phi) is 5.93. The normalized spacial score (nSPS) is 12.5. The van der Waals surface area contributed by atoms with Gasteiger partial charge in [0.2, 0.25) is 0 Å². The predicted molar refractivity (Wildman–Crippen MR) is 96.2 cm³/mol. The van der Waals surface area contributed by atoms with Gasteiger partial charge in [-0.3, -0.25) is 9.59 Å². The zero-order valence-electron chi connectivity index (χ0n) is 14.1. The highest BCUT2D eigenvalue weighted by molar-refractivity contribution is 5.74. The first kappa shape index (κ1) is 17.2. The van der Waals surface area contributed by atoms with Crippen LogP contribution in [0.3, 0.4) is 0 Å². The number of aryl methyl sites for hydroxylation is 1. The van der Waals surface area contributed by atoms with E-state index in [-0.39, 0.29) is 6.04 Å². The highest BCUT2D eigenvalue weighted by Crippen LogP contribution is 2.17. The summed E-state index contributed by atoms with van der Waals surface area (Å²) >= 11 is 0. The molecule has 5 nitrogen and oxygen atoms in total. The quantitative estimate of drug-likeness (QED) is 0.690. The van der Waals surface area contributed by atoms with Crippen LogP contribution in [0.5, 0.6) is 0 Å². The SMILES string of the molecule is C[C@H](CCc1ccccc1)Nc1c(NCCN(C)C)c(=O)c1=O. The topological polar surface area (TPSA) is 61.4 Å². The highest BCUT2D eigenvalue weighted by Gasteiger charge is 2.21. The molecule has 5 heteroatoms. The first-order valence-corrected chi connectivity index (χ1v) is 8.01. The van der Waals surface area contributed by atoms with Crippen molar-refractivity contribution >= 4 is 11.4 Å². The van der Waals surface area contributed by atoms with Gasteiger partial charge in [-0.05, 0) is 39.4 Å². The van der Waals surface area contributed by atoms with Crippen LogP contribution >= 0.6 is 0 Å². The monoisotopic (exact) mass is 315 g/mol. The van der Waals surface area contributed by atoms with Crippen LogP contribution in [0.4, 0.5) is 11.4 Å². The Labute approximate surface area is 137 Å². The summed E-state index contributed by atoms with van der Waals surface area (Å²) in [5.41, 5.74) is 1.32. The van der Waals surface area contributed by atoms with Gasteiger partial charge in [-0.1, -0.05) is 30.3 Å². The maximum absolute atomic E-state index is 11.8. The van der Waals surface area contributed by atoms with E-state index in [2.05, 4.69) is 22.8 Å². The lowest BCUT2D eigenvalue weighted by Crippen LogP contribution is -2.40. The summed E-state index contributed by atoms with van der Waals surface area (Å²) in [5, 5.41) is 6.25. The third-order valence-corrected chi connectivity index (χ3v) is 3.87. The molecular weight excluding hydrogens is 290 g/mol. The average molecular weight is 315 g/mol. The molecule has 0 saturated carbocycles. The average Bonchev–Trinajstić information content (AvgIpc) is 2.55. The van der Waals surface area contributed by atoms with Crippen LogP contribution in [0, 0.1) is 0 Å². The van der Waals surface area contributed by atoms with E-state index < -0.39 is 10.9 Å². The van der Waals surface area contributed by atoms with Gasteiger partial charge >= 0.3 is 0 Å². The lowest BCUT2D eigenvalue weighted by molar-refractivity contribution is 0.425. The molecule has 0 aliphatic heterocycles. The Morgan fingerprint density at radius 2 is 1.70 bits per heavy atom. The molecule has 0 radical (unpaired) electrons. The van der Waals surface area contributed by atoms with Crippen molar-refractivity contribution in [1.82, 2.24) is 4.90 Å². The molecule has 0 spiro atoms. The Balaban J connectivity index is 1.88. The molecule has 0 unspecified atom stereocenters. The van der Waals surface area contributed by atoms with Gasteiger partial charge < -0.3 is 15.5 Å². The standard InChI is InChI=1S/C18H25N3O2/c1-13(9-10-14-7-5-4-6-8-14)20-16-15(17(22)18(16)23)19-11-12-21(2)3/h4-8,13,19-20H,9-12H2,1-3H3/t13-/m1/s1. The van der Waals surface area contributed by atoms with Crippen molar-refractivity contribution in [2.24, 2.45) is 0 Å². The molecule has 0 fully saturated rings. The molecule has 2 N–H and O–H groups in total. The molecular formula is C18H25N3O2. The summed E-state index contributed by atoms with van der Waals surface area (Å²) in [4.78, 5) is 25.5. The number of nitrogens with one attached hydrogen (secondary N) is 2. The lowest BCUT2D eigenvalue weighted by atomic mass is 10.1. The Bertz CT molecular complexity index is 688. The van der Waals surface area contributed by atoms with Crippen molar-refractivity contribution in [2.75, 3.05) is 37.8 Å². The van der Waals surface area contributed by atoms with E-state index in [1.54, 1.807) is 0 Å². The van der Waals surface area contributed by atoms with Crippen molar-refractivity contribution in [1.29, 1.82) is 0 Å². The molecule has 1 atom stereocenters. The summed E-state index contributed by atoms with van der Waals surface area (Å²) in [6, 6.07) is 10.4. The molecule has 0 aliphatic rings. The van der Waals surface area contributed by atoms with Gasteiger partial charge in [0.05, 0.1) is 0 Å². The Morgan fingerprint density at radius 1 is 1.04 bits per heavy atom. The van der Waals surface area contributed by atoms with Crippen LogP contribution in [0.15, 0.2) is 39.9 Å². The molecule has 2 aromatic rings. The molecule has 0 bridgehead atoms. The maximum Gasteiger partial charge on any atom is 0.253 e. The van der Waals surface area contributed by atoms with E-state index in [1.807, 2.05) is 44.1 Å². The number of nitrogens with zero attached hydrogens (tertiary/aromatic N) is 1. The van der Waals surface area contributed by atoms with E-state index in [0.29, 0.717) is 17.9 Å². The van der Waals surface area contributed by atoms with E-state index in [4.69, 9.17) is 0 Å². The minimum Gasteiger partial charge on any atom is -0.379 e. The van der Waals surface area contributed by atoms with Gasteiger partial charge in [0.15, 0.2) is 0 Å². The Morgan fingerprint density at radius 3 is 2.35 bits per heavy atom. The van der Waals surface area contributed by atoms with Crippen molar-refractivity contribution in [2.45, 2.75) is 25.8 Å². The van der Waals surface area contributed by atoms with Crippen LogP contribution in [0.1, 0.15) is 18.9 Å². The molecule has 124 valence electrons. The fourth-order valence-electron chi connectivity index (χ4n) is 2.45. The fourth-order valence-corrected chi connectivity index (χ4v) is 2.45. The van der Waals surface area contributed by atoms with Crippen LogP contribution in [-0.4, -0.2) is 38.1 Å². The summed E-state index contributed by atoms with van der Waals surface area (Å²) in [6.45, 7) is 3.48. The second-order valence-corrected chi connectivity index (χ2v) is 6.21. The zero-order chi connectivity index (χ0) is 16.8. The summed E-state index contributed by atoms with van der Waals surface area (Å²) in [5.74, 6) is 0. The first-order valence-electron chi connectivity index (χ1n) is 8.01. The fraction of sp³-hybridized carbons (Fsp3) is 0.444. The number of benzene rings is 1. The van der Waals surface area contributed by atoms with Gasteiger partial charge in [-0.15, -0.1) is 0 Å². The molecule has 0 aliphatic carbocycles. The van der Waals surface area contributed by atoms with Crippen LogP contribution in [0.25, 0.3) is 0 Å². The van der Waals surface area contributed by atoms with Crippen LogP contribution < -0.4 is 21.5 Å². The summed E-state index contributed by atoms with van der Waals surface area (Å²) in [6.07, 6.45) is 1.84. The van der Waals surface area contributed by atoms with Crippen LogP contribution in [0.2, 0.25) is 0 Å². The predicted octanol–water partition coefficient (Wildman–Crippen LogP) is 1.69. The van der Waals surface area contributed by atoms with Gasteiger partial charge in [0.1, 0.15) is 11.4 Å². The van der Waals surface area contributed by atoms with Crippen molar-refractivity contribution in [3.63, 3.8) is 0 Å².